The van der Waals surface area contributed by atoms with Gasteiger partial charge in [-0.25, -0.2) is 0 Å². The highest BCUT2D eigenvalue weighted by Crippen LogP contribution is 2.41. The Morgan fingerprint density at radius 2 is 2.00 bits per heavy atom. The number of hydrogen-bond donors (Lipinski definition) is 1. The Bertz CT molecular complexity index is 983. The first-order valence-electron chi connectivity index (χ1n) is 10.2. The monoisotopic (exact) mass is 405 g/mol. The molecule has 4 heterocycles. The fourth-order valence-corrected chi connectivity index (χ4v) is 4.62. The van der Waals surface area contributed by atoms with E-state index in [9.17, 15) is 0 Å². The number of thiocarbonyl (C=S) groups is 1. The first-order chi connectivity index (χ1) is 14.1. The van der Waals surface area contributed by atoms with Crippen LogP contribution in [0.5, 0.6) is 0 Å². The molecule has 0 aromatic carbocycles. The maximum Gasteiger partial charge on any atom is 0.170 e. The summed E-state index contributed by atoms with van der Waals surface area (Å²) < 4.78 is 2.27. The topological polar surface area (TPSA) is 46.0 Å². The van der Waals surface area contributed by atoms with Crippen LogP contribution in [-0.2, 0) is 0 Å². The number of hydrogen-bond acceptors (Lipinski definition) is 3. The molecule has 6 heteroatoms. The number of rotatable bonds is 6. The van der Waals surface area contributed by atoms with Crippen molar-refractivity contribution >= 4 is 17.3 Å². The van der Waals surface area contributed by atoms with Crippen molar-refractivity contribution in [2.75, 3.05) is 6.54 Å². The van der Waals surface area contributed by atoms with E-state index >= 15 is 0 Å². The first-order valence-corrected chi connectivity index (χ1v) is 10.6. The lowest BCUT2D eigenvalue weighted by molar-refractivity contribution is 0.312. The van der Waals surface area contributed by atoms with Crippen LogP contribution in [0.15, 0.2) is 55.0 Å². The lowest BCUT2D eigenvalue weighted by atomic mass is 9.96. The summed E-state index contributed by atoms with van der Waals surface area (Å²) >= 11 is 5.75. The van der Waals surface area contributed by atoms with Gasteiger partial charge in [0.25, 0.3) is 0 Å². The van der Waals surface area contributed by atoms with Crippen LogP contribution < -0.4 is 5.32 Å². The Kier molecular flexibility index (Phi) is 5.62. The molecule has 150 valence electrons. The van der Waals surface area contributed by atoms with Gasteiger partial charge in [-0.05, 0) is 68.4 Å². The number of pyridine rings is 2. The summed E-state index contributed by atoms with van der Waals surface area (Å²) in [6.07, 6.45) is 7.81. The van der Waals surface area contributed by atoms with Crippen LogP contribution in [0.4, 0.5) is 0 Å². The summed E-state index contributed by atoms with van der Waals surface area (Å²) in [7, 11) is 0. The summed E-state index contributed by atoms with van der Waals surface area (Å²) in [4.78, 5) is 11.3. The highest BCUT2D eigenvalue weighted by molar-refractivity contribution is 7.80. The van der Waals surface area contributed by atoms with Crippen molar-refractivity contribution in [3.8, 4) is 5.69 Å². The van der Waals surface area contributed by atoms with E-state index in [0.29, 0.717) is 0 Å². The SMILES string of the molecule is CCCCN1C(=S)N[C@H](c2ccccn2)[C@@H]1c1cc(C)n(-c2cccnc2)c1C. The molecule has 3 aromatic heterocycles. The second-order valence-electron chi connectivity index (χ2n) is 7.55. The van der Waals surface area contributed by atoms with Crippen molar-refractivity contribution in [3.63, 3.8) is 0 Å². The molecule has 0 saturated carbocycles. The van der Waals surface area contributed by atoms with E-state index in [2.05, 4.69) is 63.7 Å². The molecule has 0 unspecified atom stereocenters. The minimum Gasteiger partial charge on any atom is -0.352 e. The van der Waals surface area contributed by atoms with Crippen LogP contribution >= 0.6 is 12.2 Å². The fraction of sp³-hybridized carbons (Fsp3) is 0.348. The zero-order valence-corrected chi connectivity index (χ0v) is 18.0. The lowest BCUT2D eigenvalue weighted by Crippen LogP contribution is -2.30. The molecule has 0 radical (unpaired) electrons. The molecule has 0 aliphatic carbocycles. The molecule has 1 aliphatic heterocycles. The Morgan fingerprint density at radius 3 is 2.69 bits per heavy atom. The number of nitrogens with one attached hydrogen (secondary N) is 1. The van der Waals surface area contributed by atoms with Gasteiger partial charge in [0.05, 0.1) is 29.7 Å². The smallest absolute Gasteiger partial charge is 0.170 e. The summed E-state index contributed by atoms with van der Waals surface area (Å²) in [5.74, 6) is 0. The molecule has 1 fully saturated rings. The first kappa shape index (κ1) is 19.6. The molecule has 1 saturated heterocycles. The van der Waals surface area contributed by atoms with Gasteiger partial charge < -0.3 is 14.8 Å². The van der Waals surface area contributed by atoms with Crippen molar-refractivity contribution in [2.45, 2.75) is 45.7 Å². The lowest BCUT2D eigenvalue weighted by Gasteiger charge is -2.28. The molecular weight excluding hydrogens is 378 g/mol. The normalized spacial score (nSPS) is 18.9. The minimum absolute atomic E-state index is 0.0309. The van der Waals surface area contributed by atoms with Crippen molar-refractivity contribution in [2.24, 2.45) is 0 Å². The number of nitrogens with zero attached hydrogens (tertiary/aromatic N) is 4. The van der Waals surface area contributed by atoms with E-state index in [1.54, 1.807) is 0 Å². The molecule has 0 bridgehead atoms. The van der Waals surface area contributed by atoms with Gasteiger partial charge in [0.2, 0.25) is 0 Å². The highest BCUT2D eigenvalue weighted by Gasteiger charge is 2.41. The maximum absolute atomic E-state index is 5.75. The van der Waals surface area contributed by atoms with Crippen molar-refractivity contribution in [1.82, 2.24) is 24.8 Å². The Morgan fingerprint density at radius 1 is 1.14 bits per heavy atom. The third-order valence-electron chi connectivity index (χ3n) is 5.64. The fourth-order valence-electron chi connectivity index (χ4n) is 4.28. The van der Waals surface area contributed by atoms with Gasteiger partial charge >= 0.3 is 0 Å². The van der Waals surface area contributed by atoms with Gasteiger partial charge in [0, 0.05) is 30.3 Å². The van der Waals surface area contributed by atoms with Crippen LogP contribution in [0.25, 0.3) is 5.69 Å². The zero-order chi connectivity index (χ0) is 20.4. The van der Waals surface area contributed by atoms with Gasteiger partial charge in [0.15, 0.2) is 5.11 Å². The molecule has 5 nitrogen and oxygen atoms in total. The van der Waals surface area contributed by atoms with Crippen LogP contribution in [0.1, 0.15) is 54.5 Å². The average molecular weight is 406 g/mol. The van der Waals surface area contributed by atoms with Crippen molar-refractivity contribution < 1.29 is 0 Å². The number of unbranched alkanes of at least 4 members (excludes halogenated alkanes) is 1. The predicted molar refractivity (Wildman–Crippen MR) is 120 cm³/mol. The molecule has 1 aliphatic rings. The molecule has 0 spiro atoms. The van der Waals surface area contributed by atoms with Gasteiger partial charge in [0.1, 0.15) is 0 Å². The van der Waals surface area contributed by atoms with E-state index in [0.717, 1.165) is 35.9 Å². The Labute approximate surface area is 177 Å². The molecule has 2 atom stereocenters. The van der Waals surface area contributed by atoms with Gasteiger partial charge in [-0.1, -0.05) is 19.4 Å². The summed E-state index contributed by atoms with van der Waals surface area (Å²) in [6.45, 7) is 7.49. The van der Waals surface area contributed by atoms with Crippen molar-refractivity contribution in [3.05, 3.63) is 77.6 Å². The second kappa shape index (κ2) is 8.33. The van der Waals surface area contributed by atoms with Crippen LogP contribution in [-0.4, -0.2) is 31.1 Å². The van der Waals surface area contributed by atoms with E-state index in [4.69, 9.17) is 12.2 Å². The quantitative estimate of drug-likeness (QED) is 0.605. The molecule has 1 N–H and O–H groups in total. The van der Waals surface area contributed by atoms with Gasteiger partial charge in [-0.3, -0.25) is 9.97 Å². The van der Waals surface area contributed by atoms with E-state index in [1.165, 1.54) is 17.0 Å². The van der Waals surface area contributed by atoms with Crippen molar-refractivity contribution in [1.29, 1.82) is 0 Å². The third kappa shape index (κ3) is 3.65. The molecule has 29 heavy (non-hydrogen) atoms. The van der Waals surface area contributed by atoms with Gasteiger partial charge in [-0.15, -0.1) is 0 Å². The van der Waals surface area contributed by atoms with E-state index < -0.39 is 0 Å². The standard InChI is InChI=1S/C23H27N5S/c1-4-5-13-27-22(21(26-23(27)29)20-10-6-7-12-25-20)19-14-16(2)28(17(19)3)18-9-8-11-24-15-18/h6-12,14-15,21-22H,4-5,13H2,1-3H3,(H,26,29)/t21-,22+/m1/s1. The molecule has 0 amide bonds. The summed E-state index contributed by atoms with van der Waals surface area (Å²) in [6, 6.07) is 12.6. The molecule has 3 aromatic rings. The largest absolute Gasteiger partial charge is 0.352 e. The van der Waals surface area contributed by atoms with Crippen LogP contribution in [0, 0.1) is 13.8 Å². The Balaban J connectivity index is 1.81. The third-order valence-corrected chi connectivity index (χ3v) is 6.00. The minimum atomic E-state index is 0.0309. The van der Waals surface area contributed by atoms with Crippen LogP contribution in [0.2, 0.25) is 0 Å². The number of aryl methyl sites for hydroxylation is 1. The molecular formula is C23H27N5S. The summed E-state index contributed by atoms with van der Waals surface area (Å²) in [5, 5.41) is 4.36. The van der Waals surface area contributed by atoms with Gasteiger partial charge in [-0.2, -0.15) is 0 Å². The second-order valence-corrected chi connectivity index (χ2v) is 7.93. The predicted octanol–water partition coefficient (Wildman–Crippen LogP) is 4.66. The number of aromatic nitrogens is 3. The molecule has 4 rings (SSSR count). The zero-order valence-electron chi connectivity index (χ0n) is 17.2. The Hall–Kier alpha value is -2.73. The van der Waals surface area contributed by atoms with E-state index in [-0.39, 0.29) is 12.1 Å². The highest BCUT2D eigenvalue weighted by atomic mass is 32.1. The van der Waals surface area contributed by atoms with Crippen LogP contribution in [0.3, 0.4) is 0 Å². The van der Waals surface area contributed by atoms with E-state index in [1.807, 2.05) is 36.8 Å². The summed E-state index contributed by atoms with van der Waals surface area (Å²) in [5.41, 5.74) is 5.79. The average Bonchev–Trinajstić information content (AvgIpc) is 3.23. The maximum atomic E-state index is 5.75.